The number of likely N-dealkylation sites (tertiary alicyclic amines) is 1. The fraction of sp³-hybridized carbons (Fsp3) is 0.438. The number of nitrogens with zero attached hydrogens (tertiary/aromatic N) is 4. The predicted octanol–water partition coefficient (Wildman–Crippen LogP) is 2.02. The summed E-state index contributed by atoms with van der Waals surface area (Å²) in [7, 11) is 0. The Labute approximate surface area is 130 Å². The molecule has 0 atom stereocenters. The Hall–Kier alpha value is -2.37. The minimum atomic E-state index is -0.0130. The topological polar surface area (TPSA) is 63.1 Å². The molecular weight excluding hydrogens is 278 g/mol. The molecular formula is C16H21N5O. The third-order valence-electron chi connectivity index (χ3n) is 3.81. The van der Waals surface area contributed by atoms with E-state index in [0.29, 0.717) is 11.5 Å². The highest BCUT2D eigenvalue weighted by Gasteiger charge is 2.20. The van der Waals surface area contributed by atoms with E-state index in [2.05, 4.69) is 32.2 Å². The maximum absolute atomic E-state index is 12.3. The van der Waals surface area contributed by atoms with Crippen molar-refractivity contribution < 1.29 is 4.79 Å². The van der Waals surface area contributed by atoms with Crippen LogP contribution >= 0.6 is 0 Å². The van der Waals surface area contributed by atoms with Crippen molar-refractivity contribution in [1.82, 2.24) is 19.4 Å². The zero-order chi connectivity index (χ0) is 15.2. The van der Waals surface area contributed by atoms with Gasteiger partial charge in [0.25, 0.3) is 5.91 Å². The quantitative estimate of drug-likeness (QED) is 0.829. The van der Waals surface area contributed by atoms with Gasteiger partial charge >= 0.3 is 0 Å². The van der Waals surface area contributed by atoms with E-state index < -0.39 is 0 Å². The molecule has 2 aromatic heterocycles. The van der Waals surface area contributed by atoms with Crippen LogP contribution in [0, 0.1) is 0 Å². The van der Waals surface area contributed by atoms with Gasteiger partial charge in [0.05, 0.1) is 12.4 Å². The standard InChI is InChI=1S/C16H21N5O/c22-16(21-10-3-4-11-21)14-12-17-13-15(19-14)18-6-5-9-20-7-1-2-8-20/h1-2,7-8,12-13H,3-6,9-11H2,(H,18,19). The van der Waals surface area contributed by atoms with E-state index in [9.17, 15) is 4.79 Å². The van der Waals surface area contributed by atoms with Crippen LogP contribution in [0.1, 0.15) is 29.8 Å². The van der Waals surface area contributed by atoms with Gasteiger partial charge in [0, 0.05) is 38.6 Å². The zero-order valence-corrected chi connectivity index (χ0v) is 12.6. The first-order valence-corrected chi connectivity index (χ1v) is 7.79. The van der Waals surface area contributed by atoms with Crippen molar-refractivity contribution in [2.45, 2.75) is 25.8 Å². The van der Waals surface area contributed by atoms with Crippen LogP contribution in [0.15, 0.2) is 36.9 Å². The summed E-state index contributed by atoms with van der Waals surface area (Å²) in [6.07, 6.45) is 10.5. The summed E-state index contributed by atoms with van der Waals surface area (Å²) in [6.45, 7) is 3.41. The number of rotatable bonds is 6. The third-order valence-corrected chi connectivity index (χ3v) is 3.81. The molecule has 0 bridgehead atoms. The lowest BCUT2D eigenvalue weighted by Crippen LogP contribution is -2.28. The average molecular weight is 299 g/mol. The summed E-state index contributed by atoms with van der Waals surface area (Å²) < 4.78 is 2.14. The van der Waals surface area contributed by atoms with E-state index in [0.717, 1.165) is 45.4 Å². The molecule has 1 N–H and O–H groups in total. The summed E-state index contributed by atoms with van der Waals surface area (Å²) in [5.74, 6) is 0.651. The number of hydrogen-bond donors (Lipinski definition) is 1. The minimum Gasteiger partial charge on any atom is -0.369 e. The van der Waals surface area contributed by atoms with E-state index in [4.69, 9.17) is 0 Å². The minimum absolute atomic E-state index is 0.0130. The Balaban J connectivity index is 1.51. The lowest BCUT2D eigenvalue weighted by atomic mass is 10.3. The molecule has 1 amide bonds. The molecule has 1 fully saturated rings. The van der Waals surface area contributed by atoms with Gasteiger partial charge in [-0.1, -0.05) is 0 Å². The maximum atomic E-state index is 12.3. The van der Waals surface area contributed by atoms with Crippen molar-refractivity contribution >= 4 is 11.7 Å². The molecule has 22 heavy (non-hydrogen) atoms. The van der Waals surface area contributed by atoms with Crippen molar-refractivity contribution in [2.24, 2.45) is 0 Å². The molecule has 0 saturated carbocycles. The number of amides is 1. The molecule has 1 aliphatic rings. The molecule has 6 heteroatoms. The van der Waals surface area contributed by atoms with Crippen molar-refractivity contribution in [3.8, 4) is 0 Å². The number of carbonyl (C=O) groups excluding carboxylic acids is 1. The Morgan fingerprint density at radius 3 is 2.73 bits per heavy atom. The molecule has 1 aliphatic heterocycles. The fourth-order valence-corrected chi connectivity index (χ4v) is 2.63. The largest absolute Gasteiger partial charge is 0.369 e. The Morgan fingerprint density at radius 1 is 1.18 bits per heavy atom. The van der Waals surface area contributed by atoms with E-state index >= 15 is 0 Å². The van der Waals surface area contributed by atoms with Gasteiger partial charge in [-0.25, -0.2) is 4.98 Å². The van der Waals surface area contributed by atoms with Crippen molar-refractivity contribution in [3.05, 3.63) is 42.6 Å². The molecule has 3 rings (SSSR count). The number of nitrogens with one attached hydrogen (secondary N) is 1. The van der Waals surface area contributed by atoms with Gasteiger partial charge in [0.15, 0.2) is 0 Å². The molecule has 6 nitrogen and oxygen atoms in total. The van der Waals surface area contributed by atoms with Crippen LogP contribution in [-0.4, -0.2) is 45.0 Å². The molecule has 0 spiro atoms. The summed E-state index contributed by atoms with van der Waals surface area (Å²) in [6, 6.07) is 4.04. The molecule has 116 valence electrons. The van der Waals surface area contributed by atoms with Crippen LogP contribution in [0.25, 0.3) is 0 Å². The first-order valence-electron chi connectivity index (χ1n) is 7.79. The summed E-state index contributed by atoms with van der Waals surface area (Å²) in [5, 5.41) is 3.24. The highest BCUT2D eigenvalue weighted by molar-refractivity contribution is 5.92. The monoisotopic (exact) mass is 299 g/mol. The molecule has 1 saturated heterocycles. The van der Waals surface area contributed by atoms with Gasteiger partial charge in [-0.3, -0.25) is 9.78 Å². The lowest BCUT2D eigenvalue weighted by Gasteiger charge is -2.14. The molecule has 2 aromatic rings. The summed E-state index contributed by atoms with van der Waals surface area (Å²) >= 11 is 0. The van der Waals surface area contributed by atoms with Crippen LogP contribution in [0.4, 0.5) is 5.82 Å². The predicted molar refractivity (Wildman–Crippen MR) is 84.7 cm³/mol. The first kappa shape index (κ1) is 14.6. The highest BCUT2D eigenvalue weighted by Crippen LogP contribution is 2.12. The van der Waals surface area contributed by atoms with Crippen LogP contribution in [-0.2, 0) is 6.54 Å². The molecule has 0 aromatic carbocycles. The van der Waals surface area contributed by atoms with Crippen LogP contribution in [0.2, 0.25) is 0 Å². The summed E-state index contributed by atoms with van der Waals surface area (Å²) in [4.78, 5) is 22.6. The van der Waals surface area contributed by atoms with E-state index in [1.54, 1.807) is 12.4 Å². The van der Waals surface area contributed by atoms with Crippen molar-refractivity contribution in [3.63, 3.8) is 0 Å². The maximum Gasteiger partial charge on any atom is 0.274 e. The second-order valence-electron chi connectivity index (χ2n) is 5.49. The normalized spacial score (nSPS) is 14.3. The average Bonchev–Trinajstić information content (AvgIpc) is 3.24. The van der Waals surface area contributed by atoms with Gasteiger partial charge in [0.2, 0.25) is 0 Å². The molecule has 3 heterocycles. The second-order valence-corrected chi connectivity index (χ2v) is 5.49. The van der Waals surface area contributed by atoms with Gasteiger partial charge in [-0.15, -0.1) is 0 Å². The third kappa shape index (κ3) is 3.63. The van der Waals surface area contributed by atoms with Gasteiger partial charge < -0.3 is 14.8 Å². The number of hydrogen-bond acceptors (Lipinski definition) is 4. The second kappa shape index (κ2) is 7.06. The zero-order valence-electron chi connectivity index (χ0n) is 12.6. The number of aromatic nitrogens is 3. The van der Waals surface area contributed by atoms with Crippen LogP contribution in [0.3, 0.4) is 0 Å². The smallest absolute Gasteiger partial charge is 0.274 e. The Kier molecular flexibility index (Phi) is 4.68. The van der Waals surface area contributed by atoms with E-state index in [1.807, 2.05) is 17.0 Å². The number of aryl methyl sites for hydroxylation is 1. The van der Waals surface area contributed by atoms with Crippen molar-refractivity contribution in [2.75, 3.05) is 25.0 Å². The number of carbonyl (C=O) groups is 1. The van der Waals surface area contributed by atoms with Crippen molar-refractivity contribution in [1.29, 1.82) is 0 Å². The lowest BCUT2D eigenvalue weighted by molar-refractivity contribution is 0.0786. The highest BCUT2D eigenvalue weighted by atomic mass is 16.2. The van der Waals surface area contributed by atoms with Gasteiger partial charge in [-0.05, 0) is 31.4 Å². The number of anilines is 1. The van der Waals surface area contributed by atoms with Crippen LogP contribution < -0.4 is 5.32 Å². The first-order chi connectivity index (χ1) is 10.8. The van der Waals surface area contributed by atoms with Crippen LogP contribution in [0.5, 0.6) is 0 Å². The Bertz CT molecular complexity index is 605. The molecule has 0 unspecified atom stereocenters. The van der Waals surface area contributed by atoms with E-state index in [1.165, 1.54) is 0 Å². The Morgan fingerprint density at radius 2 is 1.95 bits per heavy atom. The SMILES string of the molecule is O=C(c1cncc(NCCCn2cccc2)n1)N1CCCC1. The molecule has 0 aliphatic carbocycles. The summed E-state index contributed by atoms with van der Waals surface area (Å²) in [5.41, 5.74) is 0.428. The van der Waals surface area contributed by atoms with E-state index in [-0.39, 0.29) is 5.91 Å². The van der Waals surface area contributed by atoms with Gasteiger partial charge in [0.1, 0.15) is 11.5 Å². The molecule has 0 radical (unpaired) electrons. The van der Waals surface area contributed by atoms with Gasteiger partial charge in [-0.2, -0.15) is 0 Å². The fourth-order valence-electron chi connectivity index (χ4n) is 2.63.